The van der Waals surface area contributed by atoms with Crippen LogP contribution in [0.4, 0.5) is 0 Å². The summed E-state index contributed by atoms with van der Waals surface area (Å²) in [7, 11) is -0.239. The molecule has 1 aliphatic rings. The number of piperazine rings is 1. The van der Waals surface area contributed by atoms with Gasteiger partial charge in [-0.25, -0.2) is 13.2 Å². The van der Waals surface area contributed by atoms with Crippen molar-refractivity contribution in [2.24, 2.45) is 7.05 Å². The molecule has 0 N–H and O–H groups in total. The molecule has 52 heavy (non-hydrogen) atoms. The second kappa shape index (κ2) is 20.8. The number of carbonyl (C=O) groups excluding carboxylic acids is 1. The van der Waals surface area contributed by atoms with Crippen molar-refractivity contribution in [2.45, 2.75) is 135 Å². The predicted octanol–water partition coefficient (Wildman–Crippen LogP) is 6.91. The summed E-state index contributed by atoms with van der Waals surface area (Å²) in [5.41, 5.74) is 0.825. The molecule has 0 bridgehead atoms. The number of nitrogens with zero attached hydrogens (tertiary/aromatic N) is 6. The zero-order valence-corrected chi connectivity index (χ0v) is 33.1. The highest BCUT2D eigenvalue weighted by molar-refractivity contribution is 7.89. The number of ether oxygens (including phenoxy) is 1. The zero-order chi connectivity index (χ0) is 37.5. The van der Waals surface area contributed by atoms with Crippen molar-refractivity contribution in [1.29, 1.82) is 0 Å². The Hall–Kier alpha value is -3.29. The Morgan fingerprint density at radius 3 is 1.96 bits per heavy atom. The summed E-state index contributed by atoms with van der Waals surface area (Å²) in [6.07, 6.45) is 18.5. The predicted molar refractivity (Wildman–Crippen MR) is 206 cm³/mol. The molecule has 0 spiro atoms. The van der Waals surface area contributed by atoms with E-state index in [1.165, 1.54) is 90.1 Å². The molecule has 4 rings (SSSR count). The van der Waals surface area contributed by atoms with Crippen LogP contribution in [0.2, 0.25) is 0 Å². The van der Waals surface area contributed by atoms with Crippen LogP contribution >= 0.6 is 0 Å². The Bertz CT molecular complexity index is 1750. The number of rotatable bonds is 23. The number of aromatic nitrogens is 4. The molecular formula is C39H62N6O6S. The number of hydrogen-bond donors (Lipinski definition) is 0. The Balaban J connectivity index is 1.52. The average molecular weight is 743 g/mol. The van der Waals surface area contributed by atoms with E-state index in [1.54, 1.807) is 13.1 Å². The van der Waals surface area contributed by atoms with Crippen LogP contribution in [-0.4, -0.2) is 82.9 Å². The summed E-state index contributed by atoms with van der Waals surface area (Å²) in [6, 6.07) is 4.56. The Kier molecular flexibility index (Phi) is 16.6. The molecular weight excluding hydrogens is 681 g/mol. The fraction of sp³-hybridized carbons (Fsp3) is 0.692. The monoisotopic (exact) mass is 742 g/mol. The quantitative estimate of drug-likeness (QED) is 0.0952. The number of carbonyl (C=O) groups is 1. The van der Waals surface area contributed by atoms with Gasteiger partial charge in [-0.1, -0.05) is 104 Å². The summed E-state index contributed by atoms with van der Waals surface area (Å²) >= 11 is 0. The van der Waals surface area contributed by atoms with E-state index in [4.69, 9.17) is 9.57 Å². The Labute approximate surface area is 310 Å². The van der Waals surface area contributed by atoms with E-state index in [0.717, 1.165) is 25.7 Å². The largest absolute Gasteiger partial charge is 0.493 e. The molecule has 2 aromatic heterocycles. The highest BCUT2D eigenvalue weighted by Gasteiger charge is 2.30. The zero-order valence-electron chi connectivity index (χ0n) is 32.3. The van der Waals surface area contributed by atoms with Crippen LogP contribution < -0.4 is 15.1 Å². The molecule has 12 nitrogen and oxygen atoms in total. The molecule has 1 aliphatic heterocycles. The Morgan fingerprint density at radius 2 is 1.38 bits per heavy atom. The van der Waals surface area contributed by atoms with Gasteiger partial charge in [0, 0.05) is 39.6 Å². The highest BCUT2D eigenvalue weighted by Crippen LogP contribution is 2.34. The molecule has 0 aliphatic carbocycles. The van der Waals surface area contributed by atoms with Crippen molar-refractivity contribution in [3.8, 4) is 17.1 Å². The van der Waals surface area contributed by atoms with E-state index < -0.39 is 21.6 Å². The third-order valence-electron chi connectivity index (χ3n) is 9.90. The number of aryl methyl sites for hydroxylation is 2. The van der Waals surface area contributed by atoms with Gasteiger partial charge >= 0.3 is 5.97 Å². The van der Waals surface area contributed by atoms with E-state index in [1.807, 2.05) is 20.9 Å². The van der Waals surface area contributed by atoms with Gasteiger partial charge in [0.1, 0.15) is 11.3 Å². The lowest BCUT2D eigenvalue weighted by Gasteiger charge is -2.31. The first-order chi connectivity index (χ1) is 25.1. The minimum absolute atomic E-state index is 0.00367. The first-order valence-electron chi connectivity index (χ1n) is 19.8. The topological polar surface area (TPSA) is 129 Å². The van der Waals surface area contributed by atoms with Gasteiger partial charge in [-0.15, -0.1) is 0 Å². The number of fused-ring (bicyclic) bond motifs is 1. The smallest absolute Gasteiger partial charge is 0.333 e. The molecule has 0 radical (unpaired) electrons. The SMILES string of the molecule is CCCCCCCCCCCCCCCCC(=O)On1c(-c2cc(S(=O)(=O)N3CCN(C)CC3)ccc2OCC)nc(=O)c2c1c(CCC)nn2C. The van der Waals surface area contributed by atoms with E-state index in [0.29, 0.717) is 56.0 Å². The standard InChI is InChI=1S/C39H62N6O6S/c1-6-9-10-11-12-13-14-15-16-17-18-19-20-21-23-35(46)51-45-36-33(22-7-2)41-43(5)37(36)39(47)40-38(45)32-30-31(24-25-34(32)50-8-3)52(48,49)44-28-26-42(4)27-29-44/h24-25,30H,6-23,26-29H2,1-5H3. The minimum atomic E-state index is -3.87. The second-order valence-corrected chi connectivity index (χ2v) is 16.1. The van der Waals surface area contributed by atoms with Crippen LogP contribution in [0, 0.1) is 0 Å². The first kappa shape index (κ1) is 41.5. The fourth-order valence-electron chi connectivity index (χ4n) is 6.90. The first-order valence-corrected chi connectivity index (χ1v) is 21.2. The lowest BCUT2D eigenvalue weighted by Crippen LogP contribution is -2.47. The number of benzene rings is 1. The summed E-state index contributed by atoms with van der Waals surface area (Å²) in [5, 5.41) is 4.59. The number of hydrogen-bond acceptors (Lipinski definition) is 9. The van der Waals surface area contributed by atoms with Crippen LogP contribution in [0.25, 0.3) is 22.4 Å². The maximum absolute atomic E-state index is 13.8. The van der Waals surface area contributed by atoms with E-state index >= 15 is 0 Å². The third-order valence-corrected chi connectivity index (χ3v) is 11.8. The molecule has 290 valence electrons. The van der Waals surface area contributed by atoms with Gasteiger partial charge in [-0.05, 0) is 45.0 Å². The molecule has 0 amide bonds. The van der Waals surface area contributed by atoms with E-state index in [9.17, 15) is 18.0 Å². The maximum atomic E-state index is 13.8. The molecule has 1 fully saturated rings. The van der Waals surface area contributed by atoms with Gasteiger partial charge in [-0.3, -0.25) is 9.48 Å². The normalized spacial score (nSPS) is 14.3. The van der Waals surface area contributed by atoms with Crippen LogP contribution in [-0.2, 0) is 28.3 Å². The summed E-state index contributed by atoms with van der Waals surface area (Å²) in [5.74, 6) is -0.141. The van der Waals surface area contributed by atoms with Crippen molar-refractivity contribution in [3.63, 3.8) is 0 Å². The summed E-state index contributed by atoms with van der Waals surface area (Å²) < 4.78 is 37.8. The van der Waals surface area contributed by atoms with E-state index in [2.05, 4.69) is 21.9 Å². The number of likely N-dealkylation sites (N-methyl/N-ethyl adjacent to an activating group) is 1. The molecule has 3 aromatic rings. The lowest BCUT2D eigenvalue weighted by molar-refractivity contribution is -0.143. The fourth-order valence-corrected chi connectivity index (χ4v) is 8.35. The van der Waals surface area contributed by atoms with Crippen LogP contribution in [0.1, 0.15) is 129 Å². The molecule has 0 atom stereocenters. The molecule has 1 aromatic carbocycles. The van der Waals surface area contributed by atoms with Gasteiger partial charge in [0.15, 0.2) is 11.3 Å². The molecule has 0 saturated carbocycles. The van der Waals surface area contributed by atoms with Gasteiger partial charge < -0.3 is 14.5 Å². The van der Waals surface area contributed by atoms with Gasteiger partial charge in [-0.2, -0.15) is 19.1 Å². The lowest BCUT2D eigenvalue weighted by atomic mass is 10.0. The van der Waals surface area contributed by atoms with Crippen molar-refractivity contribution in [3.05, 3.63) is 34.2 Å². The molecule has 1 saturated heterocycles. The second-order valence-electron chi connectivity index (χ2n) is 14.2. The van der Waals surface area contributed by atoms with Gasteiger partial charge in [0.2, 0.25) is 10.0 Å². The minimum Gasteiger partial charge on any atom is -0.493 e. The molecule has 0 unspecified atom stereocenters. The van der Waals surface area contributed by atoms with Gasteiger partial charge in [0.05, 0.1) is 22.8 Å². The third kappa shape index (κ3) is 11.1. The summed E-state index contributed by atoms with van der Waals surface area (Å²) in [6.45, 7) is 8.34. The average Bonchev–Trinajstić information content (AvgIpc) is 3.46. The number of unbranched alkanes of at least 4 members (excludes halogenated alkanes) is 13. The van der Waals surface area contributed by atoms with Crippen molar-refractivity contribution < 1.29 is 22.8 Å². The molecule has 13 heteroatoms. The van der Waals surface area contributed by atoms with Crippen molar-refractivity contribution in [2.75, 3.05) is 39.8 Å². The number of sulfonamides is 1. The van der Waals surface area contributed by atoms with Gasteiger partial charge in [0.25, 0.3) is 5.56 Å². The summed E-state index contributed by atoms with van der Waals surface area (Å²) in [4.78, 5) is 39.7. The van der Waals surface area contributed by atoms with E-state index in [-0.39, 0.29) is 34.8 Å². The van der Waals surface area contributed by atoms with Crippen molar-refractivity contribution in [1.82, 2.24) is 28.7 Å². The maximum Gasteiger partial charge on any atom is 0.333 e. The highest BCUT2D eigenvalue weighted by atomic mass is 32.2. The molecule has 3 heterocycles. The van der Waals surface area contributed by atoms with Crippen LogP contribution in [0.15, 0.2) is 27.9 Å². The Morgan fingerprint density at radius 1 is 0.788 bits per heavy atom. The van der Waals surface area contributed by atoms with Crippen molar-refractivity contribution >= 4 is 27.0 Å². The van der Waals surface area contributed by atoms with Crippen LogP contribution in [0.5, 0.6) is 5.75 Å². The van der Waals surface area contributed by atoms with Crippen LogP contribution in [0.3, 0.4) is 0 Å².